The Bertz CT molecular complexity index is 1300. The molecule has 1 saturated heterocycles. The number of hydrogen-bond donors (Lipinski definition) is 1. The van der Waals surface area contributed by atoms with Crippen LogP contribution in [0.1, 0.15) is 36.8 Å². The fraction of sp³-hybridized carbons (Fsp3) is 0.346. The number of halogens is 1. The summed E-state index contributed by atoms with van der Waals surface area (Å²) in [6.45, 7) is 1.99. The molecular weight excluding hydrogens is 468 g/mol. The number of benzene rings is 1. The Labute approximate surface area is 206 Å². The van der Waals surface area contributed by atoms with Gasteiger partial charge in [-0.25, -0.2) is 17.7 Å². The lowest BCUT2D eigenvalue weighted by molar-refractivity contribution is 0.312. The van der Waals surface area contributed by atoms with Gasteiger partial charge in [-0.2, -0.15) is 0 Å². The third kappa shape index (κ3) is 4.78. The van der Waals surface area contributed by atoms with Gasteiger partial charge in [-0.3, -0.25) is 0 Å². The predicted octanol–water partition coefficient (Wildman–Crippen LogP) is 4.84. The number of nitrogens with one attached hydrogen (secondary N) is 1. The first kappa shape index (κ1) is 23.1. The second-order valence-corrected chi connectivity index (χ2v) is 11.5. The lowest BCUT2D eigenvalue weighted by atomic mass is 9.81. The van der Waals surface area contributed by atoms with Gasteiger partial charge in [0.05, 0.1) is 12.6 Å². The van der Waals surface area contributed by atoms with Crippen molar-refractivity contribution in [2.75, 3.05) is 19.3 Å². The fourth-order valence-corrected chi connectivity index (χ4v) is 6.24. The van der Waals surface area contributed by atoms with E-state index < -0.39 is 10.0 Å². The zero-order chi connectivity index (χ0) is 23.7. The van der Waals surface area contributed by atoms with Crippen LogP contribution in [0.25, 0.3) is 11.1 Å². The smallest absolute Gasteiger partial charge is 0.211 e. The molecule has 0 atom stereocenters. The summed E-state index contributed by atoms with van der Waals surface area (Å²) >= 11 is 6.49. The van der Waals surface area contributed by atoms with E-state index in [0.29, 0.717) is 13.1 Å². The molecule has 0 unspecified atom stereocenters. The number of aryl methyl sites for hydroxylation is 1. The molecule has 3 aliphatic rings. The minimum atomic E-state index is -3.17. The van der Waals surface area contributed by atoms with E-state index in [1.165, 1.54) is 28.5 Å². The predicted molar refractivity (Wildman–Crippen MR) is 137 cm³/mol. The third-order valence-electron chi connectivity index (χ3n) is 6.86. The summed E-state index contributed by atoms with van der Waals surface area (Å²) in [6.07, 6.45) is 18.9. The van der Waals surface area contributed by atoms with E-state index in [2.05, 4.69) is 39.2 Å². The lowest BCUT2D eigenvalue weighted by Crippen LogP contribution is -2.38. The maximum absolute atomic E-state index is 12.1. The van der Waals surface area contributed by atoms with E-state index in [1.807, 2.05) is 37.1 Å². The number of hydrogen-bond acceptors (Lipinski definition) is 4. The Hall–Kier alpha value is -2.61. The van der Waals surface area contributed by atoms with Crippen molar-refractivity contribution >= 4 is 32.8 Å². The Balaban J connectivity index is 1.51. The Morgan fingerprint density at radius 1 is 1.21 bits per heavy atom. The molecule has 2 aliphatic heterocycles. The Kier molecular flexibility index (Phi) is 6.51. The molecule has 5 rings (SSSR count). The van der Waals surface area contributed by atoms with Crippen molar-refractivity contribution in [3.05, 3.63) is 88.8 Å². The van der Waals surface area contributed by atoms with Crippen LogP contribution < -0.4 is 5.32 Å². The number of imidazole rings is 1. The van der Waals surface area contributed by atoms with Crippen LogP contribution in [0.4, 0.5) is 0 Å². The van der Waals surface area contributed by atoms with Gasteiger partial charge in [0, 0.05) is 48.9 Å². The van der Waals surface area contributed by atoms with Gasteiger partial charge in [-0.05, 0) is 83.7 Å². The van der Waals surface area contributed by atoms with Gasteiger partial charge in [0.15, 0.2) is 0 Å². The molecule has 3 heterocycles. The summed E-state index contributed by atoms with van der Waals surface area (Å²) in [5, 5.41) is 4.24. The highest BCUT2D eigenvalue weighted by Crippen LogP contribution is 2.44. The lowest BCUT2D eigenvalue weighted by Gasteiger charge is -2.33. The normalized spacial score (nSPS) is 19.1. The van der Waals surface area contributed by atoms with E-state index in [9.17, 15) is 8.42 Å². The van der Waals surface area contributed by atoms with Crippen LogP contribution in [0.2, 0.25) is 5.02 Å². The van der Waals surface area contributed by atoms with Crippen LogP contribution >= 0.6 is 11.6 Å². The van der Waals surface area contributed by atoms with Gasteiger partial charge < -0.3 is 9.88 Å². The molecule has 1 aliphatic carbocycles. The van der Waals surface area contributed by atoms with Crippen LogP contribution in [-0.4, -0.2) is 41.6 Å². The van der Waals surface area contributed by atoms with Gasteiger partial charge in [-0.15, -0.1) is 0 Å². The van der Waals surface area contributed by atoms with Gasteiger partial charge in [0.25, 0.3) is 0 Å². The SMILES string of the molecule is CS(=O)(=O)N1CCC(C2=C3NC=CC=C3C=C(CCCn3ccnc3)c3cc(Cl)ccc32)CC1. The number of sulfonamides is 1. The molecular formula is C26H29ClN4O2S. The Morgan fingerprint density at radius 2 is 2.03 bits per heavy atom. The van der Waals surface area contributed by atoms with E-state index >= 15 is 0 Å². The number of nitrogens with zero attached hydrogens (tertiary/aromatic N) is 3. The van der Waals surface area contributed by atoms with Gasteiger partial charge in [0.2, 0.25) is 10.0 Å². The topological polar surface area (TPSA) is 67.2 Å². The first-order valence-corrected chi connectivity index (χ1v) is 13.9. The molecule has 1 N–H and O–H groups in total. The zero-order valence-corrected chi connectivity index (χ0v) is 20.8. The van der Waals surface area contributed by atoms with Crippen molar-refractivity contribution in [3.63, 3.8) is 0 Å². The largest absolute Gasteiger partial charge is 0.361 e. The van der Waals surface area contributed by atoms with Gasteiger partial charge in [0.1, 0.15) is 0 Å². The highest BCUT2D eigenvalue weighted by molar-refractivity contribution is 7.88. The summed E-state index contributed by atoms with van der Waals surface area (Å²) in [6, 6.07) is 6.18. The average molecular weight is 497 g/mol. The summed E-state index contributed by atoms with van der Waals surface area (Å²) in [5.74, 6) is 0.258. The molecule has 178 valence electrons. The summed E-state index contributed by atoms with van der Waals surface area (Å²) in [4.78, 5) is 4.14. The molecule has 0 amide bonds. The van der Waals surface area contributed by atoms with E-state index in [-0.39, 0.29) is 5.92 Å². The van der Waals surface area contributed by atoms with Crippen molar-refractivity contribution in [2.45, 2.75) is 32.2 Å². The zero-order valence-electron chi connectivity index (χ0n) is 19.2. The monoisotopic (exact) mass is 496 g/mol. The first-order chi connectivity index (χ1) is 16.4. The third-order valence-corrected chi connectivity index (χ3v) is 8.40. The maximum Gasteiger partial charge on any atom is 0.211 e. The number of fused-ring (bicyclic) bond motifs is 2. The number of aromatic nitrogens is 2. The molecule has 8 heteroatoms. The van der Waals surface area contributed by atoms with E-state index in [0.717, 1.165) is 48.5 Å². The standard InChI is InChI=1S/C26H29ClN4O2S/c1-34(32,33)31-13-8-19(9-14-31)25-23-7-6-22(27)17-24(23)20(5-3-12-30-15-11-28-18-30)16-21-4-2-10-29-26(21)25/h2,4,6-7,10-11,15-19,29H,3,5,8-9,12-14H2,1H3. The summed E-state index contributed by atoms with van der Waals surface area (Å²) in [7, 11) is -3.17. The van der Waals surface area contributed by atoms with Crippen molar-refractivity contribution in [1.29, 1.82) is 0 Å². The van der Waals surface area contributed by atoms with Crippen LogP contribution in [0.5, 0.6) is 0 Å². The molecule has 0 spiro atoms. The van der Waals surface area contributed by atoms with Crippen molar-refractivity contribution in [3.8, 4) is 0 Å². The number of allylic oxidation sites excluding steroid dienone is 5. The van der Waals surface area contributed by atoms with Crippen LogP contribution in [0.15, 0.2) is 72.6 Å². The van der Waals surface area contributed by atoms with E-state index in [1.54, 1.807) is 4.31 Å². The molecule has 2 aromatic rings. The average Bonchev–Trinajstić information content (AvgIpc) is 3.29. The molecule has 1 fully saturated rings. The maximum atomic E-state index is 12.1. The van der Waals surface area contributed by atoms with E-state index in [4.69, 9.17) is 11.6 Å². The van der Waals surface area contributed by atoms with Crippen molar-refractivity contribution in [1.82, 2.24) is 19.2 Å². The van der Waals surface area contributed by atoms with Crippen LogP contribution in [-0.2, 0) is 16.6 Å². The number of piperidine rings is 1. The fourth-order valence-electron chi connectivity index (χ4n) is 5.20. The summed E-state index contributed by atoms with van der Waals surface area (Å²) < 4.78 is 27.8. The van der Waals surface area contributed by atoms with Gasteiger partial charge >= 0.3 is 0 Å². The highest BCUT2D eigenvalue weighted by Gasteiger charge is 2.32. The van der Waals surface area contributed by atoms with Gasteiger partial charge in [-0.1, -0.05) is 23.7 Å². The molecule has 1 aromatic carbocycles. The molecule has 6 nitrogen and oxygen atoms in total. The minimum Gasteiger partial charge on any atom is -0.361 e. The van der Waals surface area contributed by atoms with Crippen molar-refractivity contribution in [2.24, 2.45) is 5.92 Å². The molecule has 0 saturated carbocycles. The Morgan fingerprint density at radius 3 is 2.76 bits per heavy atom. The second-order valence-electron chi connectivity index (χ2n) is 9.11. The number of rotatable bonds is 6. The molecule has 34 heavy (non-hydrogen) atoms. The van der Waals surface area contributed by atoms with Crippen LogP contribution in [0.3, 0.4) is 0 Å². The first-order valence-electron chi connectivity index (χ1n) is 11.7. The summed E-state index contributed by atoms with van der Waals surface area (Å²) in [5.41, 5.74) is 7.17. The highest BCUT2D eigenvalue weighted by atomic mass is 35.5. The number of dihydropyridines is 1. The van der Waals surface area contributed by atoms with Crippen molar-refractivity contribution < 1.29 is 8.42 Å². The molecule has 0 bridgehead atoms. The van der Waals surface area contributed by atoms with Crippen LogP contribution in [0, 0.1) is 5.92 Å². The molecule has 1 aromatic heterocycles. The minimum absolute atomic E-state index is 0.258. The quantitative estimate of drug-likeness (QED) is 0.621. The second kappa shape index (κ2) is 9.56. The molecule has 0 radical (unpaired) electrons.